The number of hydrogen-bond acceptors (Lipinski definition) is 3. The van der Waals surface area contributed by atoms with Crippen molar-refractivity contribution >= 4 is 11.6 Å². The van der Waals surface area contributed by atoms with E-state index in [1.807, 2.05) is 37.3 Å². The molecule has 1 aromatic carbocycles. The molecule has 3 nitrogen and oxygen atoms in total. The molecule has 1 aromatic heterocycles. The number of fused-ring (bicyclic) bond motifs is 1. The molecular formula is C15H14ClNO2. The summed E-state index contributed by atoms with van der Waals surface area (Å²) in [5.74, 6) is 0.180. The first-order valence-electron chi connectivity index (χ1n) is 6.12. The summed E-state index contributed by atoms with van der Waals surface area (Å²) in [5.41, 5.74) is 2.38. The van der Waals surface area contributed by atoms with E-state index in [2.05, 4.69) is 4.98 Å². The van der Waals surface area contributed by atoms with Crippen molar-refractivity contribution in [1.29, 1.82) is 0 Å². The molecule has 0 aliphatic carbocycles. The molecule has 2 heterocycles. The zero-order chi connectivity index (χ0) is 13.6. The maximum Gasteiger partial charge on any atom is 0.142 e. The van der Waals surface area contributed by atoms with Crippen molar-refractivity contribution in [2.45, 2.75) is 26.1 Å². The molecule has 0 amide bonds. The average molecular weight is 276 g/mol. The predicted molar refractivity (Wildman–Crippen MR) is 73.3 cm³/mol. The Kier molecular flexibility index (Phi) is 2.77. The summed E-state index contributed by atoms with van der Waals surface area (Å²) in [4.78, 5) is 4.20. The molecule has 19 heavy (non-hydrogen) atoms. The van der Waals surface area contributed by atoms with Gasteiger partial charge in [-0.25, -0.2) is 4.98 Å². The van der Waals surface area contributed by atoms with Crippen molar-refractivity contribution < 1.29 is 9.84 Å². The molecule has 4 heteroatoms. The first-order chi connectivity index (χ1) is 9.04. The van der Waals surface area contributed by atoms with Crippen molar-refractivity contribution in [3.05, 3.63) is 57.9 Å². The van der Waals surface area contributed by atoms with E-state index in [-0.39, 0.29) is 5.75 Å². The lowest BCUT2D eigenvalue weighted by Gasteiger charge is -2.26. The minimum Gasteiger partial charge on any atom is -0.506 e. The second kappa shape index (κ2) is 4.22. The lowest BCUT2D eigenvalue weighted by atomic mass is 9.88. The molecule has 1 atom stereocenters. The Morgan fingerprint density at radius 2 is 2.00 bits per heavy atom. The Labute approximate surface area is 116 Å². The van der Waals surface area contributed by atoms with E-state index in [0.29, 0.717) is 17.5 Å². The second-order valence-corrected chi connectivity index (χ2v) is 5.24. The highest BCUT2D eigenvalue weighted by Gasteiger charge is 2.41. The number of halogens is 1. The Balaban J connectivity index is 2.25. The van der Waals surface area contributed by atoms with Crippen molar-refractivity contribution in [1.82, 2.24) is 4.98 Å². The topological polar surface area (TPSA) is 42.4 Å². The van der Waals surface area contributed by atoms with Gasteiger partial charge in [-0.3, -0.25) is 0 Å². The number of ether oxygens (including phenoxy) is 1. The van der Waals surface area contributed by atoms with Crippen LogP contribution in [0.4, 0.5) is 0 Å². The molecule has 1 N–H and O–H groups in total. The van der Waals surface area contributed by atoms with E-state index >= 15 is 0 Å². The monoisotopic (exact) mass is 275 g/mol. The van der Waals surface area contributed by atoms with E-state index in [4.69, 9.17) is 16.3 Å². The summed E-state index contributed by atoms with van der Waals surface area (Å²) >= 11 is 6.28. The smallest absolute Gasteiger partial charge is 0.142 e. The Hall–Kier alpha value is -1.58. The molecule has 3 rings (SSSR count). The molecule has 98 valence electrons. The molecule has 0 fully saturated rings. The Bertz CT molecular complexity index is 642. The number of pyridine rings is 1. The Morgan fingerprint density at radius 1 is 1.32 bits per heavy atom. The largest absolute Gasteiger partial charge is 0.506 e. The molecule has 0 radical (unpaired) electrons. The van der Waals surface area contributed by atoms with Crippen molar-refractivity contribution in [2.24, 2.45) is 0 Å². The quantitative estimate of drug-likeness (QED) is 0.810. The van der Waals surface area contributed by atoms with Crippen LogP contribution in [-0.2, 0) is 16.9 Å². The first kappa shape index (κ1) is 12.5. The van der Waals surface area contributed by atoms with Gasteiger partial charge in [0, 0.05) is 11.1 Å². The lowest BCUT2D eigenvalue weighted by molar-refractivity contribution is 0.00940. The van der Waals surface area contributed by atoms with E-state index in [1.54, 1.807) is 6.92 Å². The third kappa shape index (κ3) is 1.73. The minimum atomic E-state index is -0.661. The normalized spacial score (nSPS) is 21.4. The third-order valence-electron chi connectivity index (χ3n) is 3.71. The highest BCUT2D eigenvalue weighted by Crippen LogP contribution is 2.47. The van der Waals surface area contributed by atoms with Gasteiger partial charge in [0.15, 0.2) is 0 Å². The van der Waals surface area contributed by atoms with Gasteiger partial charge in [-0.15, -0.1) is 0 Å². The van der Waals surface area contributed by atoms with Crippen LogP contribution < -0.4 is 0 Å². The van der Waals surface area contributed by atoms with E-state index < -0.39 is 5.60 Å². The van der Waals surface area contributed by atoms with Gasteiger partial charge in [0.2, 0.25) is 0 Å². The van der Waals surface area contributed by atoms with E-state index in [0.717, 1.165) is 16.7 Å². The van der Waals surface area contributed by atoms with Gasteiger partial charge in [0.05, 0.1) is 12.3 Å². The zero-order valence-electron chi connectivity index (χ0n) is 10.8. The molecule has 0 spiro atoms. The zero-order valence-corrected chi connectivity index (χ0v) is 11.5. The molecule has 0 saturated heterocycles. The second-order valence-electron chi connectivity index (χ2n) is 4.88. The van der Waals surface area contributed by atoms with Crippen LogP contribution in [0.3, 0.4) is 0 Å². The van der Waals surface area contributed by atoms with Crippen LogP contribution in [0, 0.1) is 6.92 Å². The van der Waals surface area contributed by atoms with Crippen molar-refractivity contribution in [3.8, 4) is 5.75 Å². The van der Waals surface area contributed by atoms with Gasteiger partial charge in [-0.2, -0.15) is 0 Å². The number of rotatable bonds is 1. The molecule has 1 aliphatic heterocycles. The van der Waals surface area contributed by atoms with Crippen LogP contribution in [0.5, 0.6) is 5.75 Å². The Morgan fingerprint density at radius 3 is 2.68 bits per heavy atom. The number of benzene rings is 1. The summed E-state index contributed by atoms with van der Waals surface area (Å²) in [5, 5.41) is 10.5. The molecule has 0 bridgehead atoms. The van der Waals surface area contributed by atoms with Crippen LogP contribution in [0.25, 0.3) is 0 Å². The standard InChI is InChI=1S/C15H14ClNO2/c1-9-13(18)11-8-19-15(2,12(11)14(16)17-9)10-6-4-3-5-7-10/h3-7,18H,8H2,1-2H3. The molecule has 0 saturated carbocycles. The van der Waals surface area contributed by atoms with E-state index in [1.165, 1.54) is 0 Å². The van der Waals surface area contributed by atoms with Gasteiger partial charge in [-0.1, -0.05) is 41.9 Å². The van der Waals surface area contributed by atoms with Gasteiger partial charge >= 0.3 is 0 Å². The van der Waals surface area contributed by atoms with Gasteiger partial charge in [-0.05, 0) is 19.4 Å². The lowest BCUT2D eigenvalue weighted by Crippen LogP contribution is -2.23. The van der Waals surface area contributed by atoms with Gasteiger partial charge < -0.3 is 9.84 Å². The maximum absolute atomic E-state index is 10.1. The summed E-state index contributed by atoms with van der Waals surface area (Å²) < 4.78 is 5.93. The number of hydrogen-bond donors (Lipinski definition) is 1. The summed E-state index contributed by atoms with van der Waals surface area (Å²) in [7, 11) is 0. The van der Waals surface area contributed by atoms with Crippen molar-refractivity contribution in [3.63, 3.8) is 0 Å². The molecular weight excluding hydrogens is 262 g/mol. The van der Waals surface area contributed by atoms with Crippen LogP contribution >= 0.6 is 11.6 Å². The highest BCUT2D eigenvalue weighted by atomic mass is 35.5. The van der Waals surface area contributed by atoms with Crippen LogP contribution in [-0.4, -0.2) is 10.1 Å². The number of aromatic hydroxyl groups is 1. The van der Waals surface area contributed by atoms with Gasteiger partial charge in [0.1, 0.15) is 16.5 Å². The fraction of sp³-hybridized carbons (Fsp3) is 0.267. The van der Waals surface area contributed by atoms with Crippen molar-refractivity contribution in [2.75, 3.05) is 0 Å². The maximum atomic E-state index is 10.1. The molecule has 1 aliphatic rings. The molecule has 2 aromatic rings. The van der Waals surface area contributed by atoms with Crippen LogP contribution in [0.2, 0.25) is 5.15 Å². The van der Waals surface area contributed by atoms with Crippen LogP contribution in [0.1, 0.15) is 29.3 Å². The third-order valence-corrected chi connectivity index (χ3v) is 3.98. The van der Waals surface area contributed by atoms with E-state index in [9.17, 15) is 5.11 Å². The summed E-state index contributed by atoms with van der Waals surface area (Å²) in [6.45, 7) is 4.03. The number of aryl methyl sites for hydroxylation is 1. The minimum absolute atomic E-state index is 0.180. The number of nitrogens with zero attached hydrogens (tertiary/aromatic N) is 1. The molecule has 1 unspecified atom stereocenters. The first-order valence-corrected chi connectivity index (χ1v) is 6.49. The number of aromatic nitrogens is 1. The van der Waals surface area contributed by atoms with Crippen LogP contribution in [0.15, 0.2) is 30.3 Å². The fourth-order valence-electron chi connectivity index (χ4n) is 2.62. The highest BCUT2D eigenvalue weighted by molar-refractivity contribution is 6.30. The summed E-state index contributed by atoms with van der Waals surface area (Å²) in [6.07, 6.45) is 0. The fourth-order valence-corrected chi connectivity index (χ4v) is 3.04. The average Bonchev–Trinajstić information content (AvgIpc) is 2.77. The SMILES string of the molecule is Cc1nc(Cl)c2c(c1O)COC2(C)c1ccccc1. The predicted octanol–water partition coefficient (Wildman–Crippen LogP) is 3.54. The summed E-state index contributed by atoms with van der Waals surface area (Å²) in [6, 6.07) is 9.84. The van der Waals surface area contributed by atoms with Gasteiger partial charge in [0.25, 0.3) is 0 Å².